The van der Waals surface area contributed by atoms with Gasteiger partial charge in [0.1, 0.15) is 6.26 Å². The Morgan fingerprint density at radius 1 is 1.70 bits per heavy atom. The molecule has 1 aliphatic rings. The molecule has 1 N–H and O–H groups in total. The third-order valence-corrected chi connectivity index (χ3v) is 1.95. The van der Waals surface area contributed by atoms with Gasteiger partial charge in [-0.05, 0) is 6.92 Å². The molecule has 3 nitrogen and oxygen atoms in total. The summed E-state index contributed by atoms with van der Waals surface area (Å²) in [4.78, 5) is 0. The molecule has 2 rings (SSSR count). The Kier molecular flexibility index (Phi) is 1.24. The van der Waals surface area contributed by atoms with E-state index < -0.39 is 0 Å². The fourth-order valence-corrected chi connectivity index (χ4v) is 1.17. The Labute approximate surface area is 59.4 Å². The van der Waals surface area contributed by atoms with E-state index in [-0.39, 0.29) is 0 Å². The van der Waals surface area contributed by atoms with Crippen molar-refractivity contribution in [3.8, 4) is 0 Å². The van der Waals surface area contributed by atoms with Crippen LogP contribution >= 0.6 is 0 Å². The predicted molar refractivity (Wildman–Crippen MR) is 36.9 cm³/mol. The Hall–Kier alpha value is -0.830. The van der Waals surface area contributed by atoms with E-state index in [1.165, 1.54) is 5.56 Å². The van der Waals surface area contributed by atoms with E-state index in [1.54, 1.807) is 6.26 Å². The monoisotopic (exact) mass is 138 g/mol. The van der Waals surface area contributed by atoms with E-state index in [0.717, 1.165) is 18.8 Å². The summed E-state index contributed by atoms with van der Waals surface area (Å²) in [5.41, 5.74) is 2.30. The zero-order valence-electron chi connectivity index (χ0n) is 5.92. The summed E-state index contributed by atoms with van der Waals surface area (Å²) in [6.07, 6.45) is 1.70. The number of rotatable bonds is 1. The van der Waals surface area contributed by atoms with Crippen LogP contribution in [0.1, 0.15) is 17.2 Å². The van der Waals surface area contributed by atoms with Crippen LogP contribution in [0, 0.1) is 6.92 Å². The molecule has 0 atom stereocenters. The third-order valence-electron chi connectivity index (χ3n) is 1.95. The van der Waals surface area contributed by atoms with Crippen molar-refractivity contribution in [2.45, 2.75) is 12.8 Å². The Bertz CT molecular complexity index is 227. The lowest BCUT2D eigenvalue weighted by atomic mass is 9.97. The molecule has 1 aromatic rings. The molecule has 1 fully saturated rings. The van der Waals surface area contributed by atoms with Crippen LogP contribution in [0.2, 0.25) is 0 Å². The highest BCUT2D eigenvalue weighted by atomic mass is 16.5. The second kappa shape index (κ2) is 2.09. The lowest BCUT2D eigenvalue weighted by Gasteiger charge is -2.25. The predicted octanol–water partition coefficient (Wildman–Crippen LogP) is 0.670. The molecule has 54 valence electrons. The van der Waals surface area contributed by atoms with Gasteiger partial charge in [0.25, 0.3) is 0 Å². The van der Waals surface area contributed by atoms with Crippen molar-refractivity contribution in [2.75, 3.05) is 13.1 Å². The summed E-state index contributed by atoms with van der Waals surface area (Å²) in [6.45, 7) is 4.13. The second-order valence-electron chi connectivity index (χ2n) is 2.74. The quantitative estimate of drug-likeness (QED) is 0.619. The van der Waals surface area contributed by atoms with Crippen LogP contribution in [0.15, 0.2) is 10.8 Å². The van der Waals surface area contributed by atoms with Crippen molar-refractivity contribution in [1.82, 2.24) is 10.5 Å². The molecule has 1 saturated heterocycles. The molecule has 2 heterocycles. The van der Waals surface area contributed by atoms with Crippen molar-refractivity contribution >= 4 is 0 Å². The van der Waals surface area contributed by atoms with E-state index in [0.29, 0.717) is 5.92 Å². The van der Waals surface area contributed by atoms with Crippen molar-refractivity contribution in [3.05, 3.63) is 17.5 Å². The average molecular weight is 138 g/mol. The maximum atomic E-state index is 4.82. The molecule has 0 spiro atoms. The van der Waals surface area contributed by atoms with Gasteiger partial charge in [0.05, 0.1) is 5.69 Å². The van der Waals surface area contributed by atoms with Gasteiger partial charge in [-0.2, -0.15) is 0 Å². The van der Waals surface area contributed by atoms with Crippen molar-refractivity contribution < 1.29 is 4.52 Å². The molecule has 10 heavy (non-hydrogen) atoms. The van der Waals surface area contributed by atoms with Gasteiger partial charge in [0, 0.05) is 24.6 Å². The number of aromatic nitrogens is 1. The zero-order chi connectivity index (χ0) is 6.97. The molecule has 0 amide bonds. The molecule has 0 aliphatic carbocycles. The molecule has 0 aromatic carbocycles. The highest BCUT2D eigenvalue weighted by Gasteiger charge is 2.23. The first-order valence-electron chi connectivity index (χ1n) is 3.49. The number of hydrogen-bond acceptors (Lipinski definition) is 3. The first kappa shape index (κ1) is 5.92. The van der Waals surface area contributed by atoms with Crippen molar-refractivity contribution in [1.29, 1.82) is 0 Å². The molecule has 0 bridgehead atoms. The van der Waals surface area contributed by atoms with Crippen LogP contribution in [-0.2, 0) is 0 Å². The minimum atomic E-state index is 0.596. The van der Waals surface area contributed by atoms with Gasteiger partial charge in [0.2, 0.25) is 0 Å². The molecule has 0 saturated carbocycles. The minimum Gasteiger partial charge on any atom is -0.364 e. The van der Waals surface area contributed by atoms with Crippen LogP contribution in [0.3, 0.4) is 0 Å². The van der Waals surface area contributed by atoms with Gasteiger partial charge in [-0.1, -0.05) is 5.16 Å². The van der Waals surface area contributed by atoms with Crippen LogP contribution in [0.4, 0.5) is 0 Å². The Morgan fingerprint density at radius 2 is 2.50 bits per heavy atom. The maximum absolute atomic E-state index is 4.82. The Balaban J connectivity index is 2.23. The van der Waals surface area contributed by atoms with E-state index in [2.05, 4.69) is 10.5 Å². The molecule has 1 aliphatic heterocycles. The van der Waals surface area contributed by atoms with Crippen LogP contribution in [0.5, 0.6) is 0 Å². The first-order valence-corrected chi connectivity index (χ1v) is 3.49. The van der Waals surface area contributed by atoms with Crippen LogP contribution < -0.4 is 5.32 Å². The summed E-state index contributed by atoms with van der Waals surface area (Å²) >= 11 is 0. The van der Waals surface area contributed by atoms with Crippen LogP contribution in [0.25, 0.3) is 0 Å². The molecular weight excluding hydrogens is 128 g/mol. The highest BCUT2D eigenvalue weighted by Crippen LogP contribution is 2.20. The topological polar surface area (TPSA) is 38.1 Å². The number of nitrogens with one attached hydrogen (secondary N) is 1. The third kappa shape index (κ3) is 0.743. The maximum Gasteiger partial charge on any atom is 0.127 e. The van der Waals surface area contributed by atoms with Crippen LogP contribution in [-0.4, -0.2) is 18.2 Å². The fourth-order valence-electron chi connectivity index (χ4n) is 1.17. The molecule has 3 heteroatoms. The Morgan fingerprint density at radius 3 is 2.90 bits per heavy atom. The highest BCUT2D eigenvalue weighted by molar-refractivity contribution is 5.20. The zero-order valence-corrected chi connectivity index (χ0v) is 5.92. The fraction of sp³-hybridized carbons (Fsp3) is 0.571. The van der Waals surface area contributed by atoms with E-state index in [9.17, 15) is 0 Å². The first-order chi connectivity index (χ1) is 4.88. The van der Waals surface area contributed by atoms with Gasteiger partial charge in [-0.15, -0.1) is 0 Å². The van der Waals surface area contributed by atoms with Gasteiger partial charge in [-0.25, -0.2) is 0 Å². The molecule has 0 unspecified atom stereocenters. The molecular formula is C7H10N2O. The average Bonchev–Trinajstić information content (AvgIpc) is 2.12. The second-order valence-corrected chi connectivity index (χ2v) is 2.74. The summed E-state index contributed by atoms with van der Waals surface area (Å²) < 4.78 is 4.82. The minimum absolute atomic E-state index is 0.596. The summed E-state index contributed by atoms with van der Waals surface area (Å²) in [5, 5.41) is 7.12. The van der Waals surface area contributed by atoms with Gasteiger partial charge < -0.3 is 9.84 Å². The van der Waals surface area contributed by atoms with E-state index >= 15 is 0 Å². The summed E-state index contributed by atoms with van der Waals surface area (Å²) in [6, 6.07) is 0. The van der Waals surface area contributed by atoms with Gasteiger partial charge in [-0.3, -0.25) is 0 Å². The van der Waals surface area contributed by atoms with Gasteiger partial charge >= 0.3 is 0 Å². The molecule has 1 aromatic heterocycles. The summed E-state index contributed by atoms with van der Waals surface area (Å²) in [5.74, 6) is 0.596. The largest absolute Gasteiger partial charge is 0.364 e. The lowest BCUT2D eigenvalue weighted by molar-refractivity contribution is 0.377. The standard InChI is InChI=1S/C7H10N2O/c1-5-4-10-9-7(5)6-2-8-3-6/h4,6,8H,2-3H2,1H3. The van der Waals surface area contributed by atoms with E-state index in [4.69, 9.17) is 4.52 Å². The lowest BCUT2D eigenvalue weighted by Crippen LogP contribution is -2.40. The summed E-state index contributed by atoms with van der Waals surface area (Å²) in [7, 11) is 0. The normalized spacial score (nSPS) is 18.9. The van der Waals surface area contributed by atoms with E-state index in [1.807, 2.05) is 6.92 Å². The van der Waals surface area contributed by atoms with Crippen molar-refractivity contribution in [3.63, 3.8) is 0 Å². The molecule has 0 radical (unpaired) electrons. The van der Waals surface area contributed by atoms with Crippen molar-refractivity contribution in [2.24, 2.45) is 0 Å². The number of hydrogen-bond donors (Lipinski definition) is 1. The number of aryl methyl sites for hydroxylation is 1. The SMILES string of the molecule is Cc1conc1C1CNC1. The number of nitrogens with zero attached hydrogens (tertiary/aromatic N) is 1. The van der Waals surface area contributed by atoms with Gasteiger partial charge in [0.15, 0.2) is 0 Å². The smallest absolute Gasteiger partial charge is 0.127 e.